The SMILES string of the molecule is N#C/C(=C\c1ccc(-c2ccc3cc(N(c4ccc(C=C(c5ccccc5)c5ccccc5)cc4)c4ccc(/C=C(\C#N)C(=O)O)cc4)ccc3c2)cc1)C(=O)O. The van der Waals surface area contributed by atoms with Crippen LogP contribution in [0.5, 0.6) is 0 Å². The standard InChI is InChI=1S/C50H33N3O4/c51-32-43(49(54)55)27-34-11-17-37(18-12-34)40-19-20-42-31-47(26-21-41(42)30-40)53(45-22-13-35(14-23-45)28-44(33-52)50(56)57)46-24-15-36(16-25-46)29-48(38-7-3-1-4-8-38)39-9-5-2-6-10-39/h1-31H,(H,54,55)(H,56,57)/b43-27+,44-28+. The molecule has 0 heterocycles. The van der Waals surface area contributed by atoms with Crippen LogP contribution < -0.4 is 4.90 Å². The number of carboxylic acids is 2. The van der Waals surface area contributed by atoms with Crippen LogP contribution in [0.4, 0.5) is 17.1 Å². The van der Waals surface area contributed by atoms with Gasteiger partial charge in [-0.25, -0.2) is 9.59 Å². The molecule has 7 rings (SSSR count). The van der Waals surface area contributed by atoms with Crippen molar-refractivity contribution in [2.24, 2.45) is 0 Å². The maximum Gasteiger partial charge on any atom is 0.346 e. The Bertz CT molecular complexity index is 2730. The molecule has 0 amide bonds. The van der Waals surface area contributed by atoms with Crippen molar-refractivity contribution in [1.29, 1.82) is 10.5 Å². The number of nitriles is 2. The Morgan fingerprint density at radius 1 is 0.456 bits per heavy atom. The van der Waals surface area contributed by atoms with Crippen molar-refractivity contribution in [2.45, 2.75) is 0 Å². The predicted molar refractivity (Wildman–Crippen MR) is 226 cm³/mol. The van der Waals surface area contributed by atoms with Gasteiger partial charge in [-0.15, -0.1) is 0 Å². The highest BCUT2D eigenvalue weighted by Gasteiger charge is 2.15. The van der Waals surface area contributed by atoms with Gasteiger partial charge >= 0.3 is 11.9 Å². The number of hydrogen-bond acceptors (Lipinski definition) is 5. The number of carboxylic acid groups (broad SMARTS) is 2. The number of benzene rings is 7. The van der Waals surface area contributed by atoms with Gasteiger partial charge in [0.15, 0.2) is 0 Å². The smallest absolute Gasteiger partial charge is 0.346 e. The lowest BCUT2D eigenvalue weighted by Crippen LogP contribution is -2.10. The molecule has 0 saturated heterocycles. The molecule has 0 radical (unpaired) electrons. The average Bonchev–Trinajstić information content (AvgIpc) is 3.25. The van der Waals surface area contributed by atoms with Gasteiger partial charge in [-0.1, -0.05) is 127 Å². The summed E-state index contributed by atoms with van der Waals surface area (Å²) in [6, 6.07) is 59.6. The van der Waals surface area contributed by atoms with E-state index in [4.69, 9.17) is 5.26 Å². The zero-order chi connectivity index (χ0) is 39.7. The monoisotopic (exact) mass is 739 g/mol. The fourth-order valence-electron chi connectivity index (χ4n) is 6.56. The Morgan fingerprint density at radius 2 is 0.860 bits per heavy atom. The molecule has 2 N–H and O–H groups in total. The van der Waals surface area contributed by atoms with Crippen LogP contribution in [0.15, 0.2) is 181 Å². The van der Waals surface area contributed by atoms with Crippen molar-refractivity contribution >= 4 is 63.6 Å². The van der Waals surface area contributed by atoms with Crippen LogP contribution in [0.25, 0.3) is 45.7 Å². The first kappa shape index (κ1) is 37.1. The summed E-state index contributed by atoms with van der Waals surface area (Å²) in [5.41, 5.74) is 9.49. The molecule has 7 heteroatoms. The van der Waals surface area contributed by atoms with Crippen molar-refractivity contribution in [3.05, 3.63) is 209 Å². The van der Waals surface area contributed by atoms with E-state index in [0.717, 1.165) is 61.2 Å². The number of carbonyl (C=O) groups is 2. The Labute approximate surface area is 329 Å². The number of hydrogen-bond donors (Lipinski definition) is 2. The summed E-state index contributed by atoms with van der Waals surface area (Å²) in [5, 5.41) is 39.0. The molecule has 0 aliphatic heterocycles. The Kier molecular flexibility index (Phi) is 10.9. The van der Waals surface area contributed by atoms with Crippen LogP contribution in [-0.2, 0) is 9.59 Å². The first-order valence-corrected chi connectivity index (χ1v) is 18.0. The zero-order valence-corrected chi connectivity index (χ0v) is 30.5. The van der Waals surface area contributed by atoms with Gasteiger partial charge in [0.2, 0.25) is 0 Å². The second-order valence-electron chi connectivity index (χ2n) is 13.1. The molecule has 0 bridgehead atoms. The van der Waals surface area contributed by atoms with Crippen LogP contribution >= 0.6 is 0 Å². The summed E-state index contributed by atoms with van der Waals surface area (Å²) in [7, 11) is 0. The summed E-state index contributed by atoms with van der Waals surface area (Å²) in [6.07, 6.45) is 4.89. The Balaban J connectivity index is 1.25. The van der Waals surface area contributed by atoms with E-state index in [1.54, 1.807) is 36.4 Å². The van der Waals surface area contributed by atoms with Crippen molar-refractivity contribution in [3.63, 3.8) is 0 Å². The van der Waals surface area contributed by atoms with E-state index in [2.05, 4.69) is 89.8 Å². The van der Waals surface area contributed by atoms with Gasteiger partial charge in [0.1, 0.15) is 23.3 Å². The third-order valence-corrected chi connectivity index (χ3v) is 9.43. The molecular formula is C50H33N3O4. The molecule has 0 atom stereocenters. The molecule has 272 valence electrons. The molecule has 0 aromatic heterocycles. The second-order valence-corrected chi connectivity index (χ2v) is 13.1. The Hall–Kier alpha value is -8.26. The lowest BCUT2D eigenvalue weighted by Gasteiger charge is -2.26. The number of rotatable bonds is 11. The molecule has 7 aromatic rings. The molecule has 7 nitrogen and oxygen atoms in total. The topological polar surface area (TPSA) is 125 Å². The highest BCUT2D eigenvalue weighted by molar-refractivity contribution is 5.98. The maximum absolute atomic E-state index is 11.5. The number of aliphatic carboxylic acids is 2. The Morgan fingerprint density at radius 3 is 1.33 bits per heavy atom. The van der Waals surface area contributed by atoms with E-state index in [1.165, 1.54) is 12.2 Å². The number of fused-ring (bicyclic) bond motifs is 1. The quantitative estimate of drug-likeness (QED) is 0.0768. The maximum atomic E-state index is 11.5. The fourth-order valence-corrected chi connectivity index (χ4v) is 6.56. The van der Waals surface area contributed by atoms with Gasteiger partial charge in [-0.3, -0.25) is 0 Å². The fraction of sp³-hybridized carbons (Fsp3) is 0. The minimum Gasteiger partial charge on any atom is -0.477 e. The van der Waals surface area contributed by atoms with Gasteiger partial charge in [0, 0.05) is 17.1 Å². The van der Waals surface area contributed by atoms with Gasteiger partial charge in [-0.05, 0) is 116 Å². The van der Waals surface area contributed by atoms with Crippen molar-refractivity contribution in [1.82, 2.24) is 0 Å². The molecule has 57 heavy (non-hydrogen) atoms. The van der Waals surface area contributed by atoms with Crippen LogP contribution in [0.3, 0.4) is 0 Å². The van der Waals surface area contributed by atoms with E-state index in [0.29, 0.717) is 11.1 Å². The van der Waals surface area contributed by atoms with Gasteiger partial charge in [0.05, 0.1) is 0 Å². The lowest BCUT2D eigenvalue weighted by atomic mass is 9.95. The normalized spacial score (nSPS) is 11.3. The summed E-state index contributed by atoms with van der Waals surface area (Å²) in [5.74, 6) is -2.54. The predicted octanol–water partition coefficient (Wildman–Crippen LogP) is 11.5. The second kappa shape index (κ2) is 16.8. The summed E-state index contributed by atoms with van der Waals surface area (Å²) >= 11 is 0. The highest BCUT2D eigenvalue weighted by atomic mass is 16.4. The molecular weight excluding hydrogens is 707 g/mol. The van der Waals surface area contributed by atoms with Crippen molar-refractivity contribution in [2.75, 3.05) is 4.90 Å². The molecule has 0 aliphatic carbocycles. The molecule has 0 aliphatic rings. The van der Waals surface area contributed by atoms with Gasteiger partial charge in [0.25, 0.3) is 0 Å². The molecule has 0 unspecified atom stereocenters. The first-order chi connectivity index (χ1) is 27.8. The molecule has 7 aromatic carbocycles. The van der Waals surface area contributed by atoms with Crippen LogP contribution in [0.1, 0.15) is 27.8 Å². The zero-order valence-electron chi connectivity index (χ0n) is 30.5. The lowest BCUT2D eigenvalue weighted by molar-refractivity contribution is -0.133. The van der Waals surface area contributed by atoms with E-state index in [-0.39, 0.29) is 11.1 Å². The summed E-state index contributed by atoms with van der Waals surface area (Å²) in [6.45, 7) is 0. The van der Waals surface area contributed by atoms with Gasteiger partial charge in [-0.2, -0.15) is 10.5 Å². The minimum atomic E-state index is -1.28. The van der Waals surface area contributed by atoms with Crippen LogP contribution in [0, 0.1) is 22.7 Å². The number of anilines is 3. The number of nitrogens with zero attached hydrogens (tertiary/aromatic N) is 3. The summed E-state index contributed by atoms with van der Waals surface area (Å²) < 4.78 is 0. The largest absolute Gasteiger partial charge is 0.477 e. The van der Waals surface area contributed by atoms with Gasteiger partial charge < -0.3 is 15.1 Å². The van der Waals surface area contributed by atoms with E-state index in [9.17, 15) is 25.1 Å². The van der Waals surface area contributed by atoms with Crippen LogP contribution in [-0.4, -0.2) is 22.2 Å². The van der Waals surface area contributed by atoms with Crippen molar-refractivity contribution < 1.29 is 19.8 Å². The van der Waals surface area contributed by atoms with Crippen LogP contribution in [0.2, 0.25) is 0 Å². The molecule has 0 spiro atoms. The minimum absolute atomic E-state index is 0.328. The van der Waals surface area contributed by atoms with E-state index < -0.39 is 11.9 Å². The molecule has 0 fully saturated rings. The summed E-state index contributed by atoms with van der Waals surface area (Å²) in [4.78, 5) is 24.9. The van der Waals surface area contributed by atoms with E-state index >= 15 is 0 Å². The first-order valence-electron chi connectivity index (χ1n) is 18.0. The third-order valence-electron chi connectivity index (χ3n) is 9.43. The highest BCUT2D eigenvalue weighted by Crippen LogP contribution is 2.38. The molecule has 0 saturated carbocycles. The van der Waals surface area contributed by atoms with Crippen molar-refractivity contribution in [3.8, 4) is 23.3 Å². The average molecular weight is 740 g/mol. The third kappa shape index (κ3) is 8.60. The van der Waals surface area contributed by atoms with E-state index in [1.807, 2.05) is 66.7 Å².